The molecule has 0 aromatic heterocycles. The third-order valence-electron chi connectivity index (χ3n) is 1.71. The van der Waals surface area contributed by atoms with E-state index in [1.54, 1.807) is 0 Å². The Morgan fingerprint density at radius 2 is 1.45 bits per heavy atom. The van der Waals surface area contributed by atoms with Crippen molar-refractivity contribution >= 4 is 11.9 Å². The van der Waals surface area contributed by atoms with Crippen molar-refractivity contribution < 1.29 is 24.5 Å². The lowest BCUT2D eigenvalue weighted by Gasteiger charge is -2.06. The summed E-state index contributed by atoms with van der Waals surface area (Å²) < 4.78 is 4.73. The summed E-state index contributed by atoms with van der Waals surface area (Å²) in [6, 6.07) is 0. The number of carboxylic acid groups (broad SMARTS) is 2. The van der Waals surface area contributed by atoms with Gasteiger partial charge in [0.1, 0.15) is 0 Å². The molecular weight excluding hydrogens is 152 g/mol. The molecule has 0 aromatic rings. The van der Waals surface area contributed by atoms with Crippen molar-refractivity contribution in [2.75, 3.05) is 13.2 Å². The molecule has 1 fully saturated rings. The van der Waals surface area contributed by atoms with Gasteiger partial charge in [0.05, 0.1) is 25.0 Å². The Bertz CT molecular complexity index is 167. The molecule has 1 aliphatic heterocycles. The van der Waals surface area contributed by atoms with E-state index in [9.17, 15) is 9.59 Å². The second kappa shape index (κ2) is 2.87. The largest absolute Gasteiger partial charge is 0.481 e. The topological polar surface area (TPSA) is 83.8 Å². The van der Waals surface area contributed by atoms with Crippen molar-refractivity contribution in [1.82, 2.24) is 0 Å². The van der Waals surface area contributed by atoms with Crippen LogP contribution < -0.4 is 0 Å². The van der Waals surface area contributed by atoms with Crippen molar-refractivity contribution in [2.45, 2.75) is 0 Å². The molecule has 2 N–H and O–H groups in total. The number of carboxylic acids is 2. The standard InChI is InChI=1S/C6H8O5/c7-5(8)3-1-11-2-4(3)6(9)10/h3-4H,1-2H2,(H,7,8)(H,9,10)/t3-,4+. The summed E-state index contributed by atoms with van der Waals surface area (Å²) in [5.74, 6) is -3.97. The fraction of sp³-hybridized carbons (Fsp3) is 0.667. The summed E-state index contributed by atoms with van der Waals surface area (Å²) in [6.45, 7) is 0.0125. The van der Waals surface area contributed by atoms with Gasteiger partial charge < -0.3 is 14.9 Å². The van der Waals surface area contributed by atoms with E-state index >= 15 is 0 Å². The van der Waals surface area contributed by atoms with Crippen LogP contribution in [0.25, 0.3) is 0 Å². The lowest BCUT2D eigenvalue weighted by atomic mass is 9.97. The smallest absolute Gasteiger partial charge is 0.309 e. The maximum absolute atomic E-state index is 10.4. The van der Waals surface area contributed by atoms with Gasteiger partial charge in [-0.25, -0.2) is 0 Å². The summed E-state index contributed by atoms with van der Waals surface area (Å²) in [4.78, 5) is 20.7. The highest BCUT2D eigenvalue weighted by atomic mass is 16.5. The second-order valence-corrected chi connectivity index (χ2v) is 2.43. The molecule has 11 heavy (non-hydrogen) atoms. The quantitative estimate of drug-likeness (QED) is 0.564. The fourth-order valence-corrected chi connectivity index (χ4v) is 1.04. The average molecular weight is 160 g/mol. The summed E-state index contributed by atoms with van der Waals surface area (Å²) in [5, 5.41) is 17.0. The van der Waals surface area contributed by atoms with Crippen LogP contribution >= 0.6 is 0 Å². The highest BCUT2D eigenvalue weighted by molar-refractivity contribution is 5.80. The maximum Gasteiger partial charge on any atom is 0.309 e. The zero-order valence-corrected chi connectivity index (χ0v) is 5.69. The van der Waals surface area contributed by atoms with Crippen LogP contribution in [-0.4, -0.2) is 35.4 Å². The number of carbonyl (C=O) groups is 2. The molecule has 62 valence electrons. The van der Waals surface area contributed by atoms with Gasteiger partial charge >= 0.3 is 11.9 Å². The van der Waals surface area contributed by atoms with Gasteiger partial charge in [-0.3, -0.25) is 9.59 Å². The monoisotopic (exact) mass is 160 g/mol. The van der Waals surface area contributed by atoms with E-state index in [2.05, 4.69) is 0 Å². The first-order chi connectivity index (χ1) is 5.13. The molecule has 0 spiro atoms. The minimum atomic E-state index is -1.10. The Kier molecular flexibility index (Phi) is 2.09. The van der Waals surface area contributed by atoms with Crippen molar-refractivity contribution in [1.29, 1.82) is 0 Å². The molecule has 5 heteroatoms. The van der Waals surface area contributed by atoms with Gasteiger partial charge in [0.2, 0.25) is 0 Å². The van der Waals surface area contributed by atoms with Crippen molar-refractivity contribution in [3.8, 4) is 0 Å². The number of ether oxygens (including phenoxy) is 1. The van der Waals surface area contributed by atoms with E-state index in [4.69, 9.17) is 14.9 Å². The molecule has 1 saturated heterocycles. The van der Waals surface area contributed by atoms with Crippen LogP contribution in [0.2, 0.25) is 0 Å². The van der Waals surface area contributed by atoms with E-state index in [1.165, 1.54) is 0 Å². The highest BCUT2D eigenvalue weighted by Crippen LogP contribution is 2.20. The molecule has 0 bridgehead atoms. The van der Waals surface area contributed by atoms with E-state index in [0.29, 0.717) is 0 Å². The van der Waals surface area contributed by atoms with Gasteiger partial charge in [-0.15, -0.1) is 0 Å². The Labute approximate surface area is 62.6 Å². The van der Waals surface area contributed by atoms with Crippen molar-refractivity contribution in [3.63, 3.8) is 0 Å². The summed E-state index contributed by atoms with van der Waals surface area (Å²) >= 11 is 0. The molecule has 1 heterocycles. The lowest BCUT2D eigenvalue weighted by Crippen LogP contribution is -2.28. The highest BCUT2D eigenvalue weighted by Gasteiger charge is 2.38. The molecule has 0 aromatic carbocycles. The third kappa shape index (κ3) is 1.48. The van der Waals surface area contributed by atoms with Crippen LogP contribution in [0.5, 0.6) is 0 Å². The van der Waals surface area contributed by atoms with Crippen LogP contribution in [-0.2, 0) is 14.3 Å². The molecule has 1 rings (SSSR count). The van der Waals surface area contributed by atoms with Crippen molar-refractivity contribution in [2.24, 2.45) is 11.8 Å². The summed E-state index contributed by atoms with van der Waals surface area (Å²) in [6.07, 6.45) is 0. The van der Waals surface area contributed by atoms with Crippen LogP contribution in [0, 0.1) is 11.8 Å². The lowest BCUT2D eigenvalue weighted by molar-refractivity contribution is -0.151. The first-order valence-corrected chi connectivity index (χ1v) is 3.16. The number of hydrogen-bond donors (Lipinski definition) is 2. The first kappa shape index (κ1) is 8.00. The Morgan fingerprint density at radius 3 is 1.73 bits per heavy atom. The molecule has 0 aliphatic carbocycles. The average Bonchev–Trinajstić information content (AvgIpc) is 2.32. The number of hydrogen-bond acceptors (Lipinski definition) is 3. The van der Waals surface area contributed by atoms with E-state index in [0.717, 1.165) is 0 Å². The summed E-state index contributed by atoms with van der Waals surface area (Å²) in [5.41, 5.74) is 0. The maximum atomic E-state index is 10.4. The van der Waals surface area contributed by atoms with Crippen LogP contribution in [0.1, 0.15) is 0 Å². The van der Waals surface area contributed by atoms with Crippen LogP contribution in [0.3, 0.4) is 0 Å². The molecule has 0 unspecified atom stereocenters. The SMILES string of the molecule is O=C(O)[C@H]1COC[C@H]1C(=O)O. The Morgan fingerprint density at radius 1 is 1.09 bits per heavy atom. The Balaban J connectivity index is 2.65. The van der Waals surface area contributed by atoms with Gasteiger partial charge in [0, 0.05) is 0 Å². The molecule has 5 nitrogen and oxygen atoms in total. The predicted octanol–water partition coefficient (Wildman–Crippen LogP) is -0.582. The molecule has 0 saturated carbocycles. The Hall–Kier alpha value is -1.10. The normalized spacial score (nSPS) is 30.2. The van der Waals surface area contributed by atoms with Gasteiger partial charge in [0.15, 0.2) is 0 Å². The van der Waals surface area contributed by atoms with Crippen LogP contribution in [0.15, 0.2) is 0 Å². The zero-order valence-electron chi connectivity index (χ0n) is 5.69. The molecule has 0 amide bonds. The first-order valence-electron chi connectivity index (χ1n) is 3.16. The third-order valence-corrected chi connectivity index (χ3v) is 1.71. The minimum Gasteiger partial charge on any atom is -0.481 e. The van der Waals surface area contributed by atoms with Crippen LogP contribution in [0.4, 0.5) is 0 Å². The minimum absolute atomic E-state index is 0.00625. The second-order valence-electron chi connectivity index (χ2n) is 2.43. The van der Waals surface area contributed by atoms with Gasteiger partial charge in [-0.05, 0) is 0 Å². The molecule has 2 atom stereocenters. The molecule has 0 radical (unpaired) electrons. The number of rotatable bonds is 2. The molecular formula is C6H8O5. The van der Waals surface area contributed by atoms with Gasteiger partial charge in [-0.2, -0.15) is 0 Å². The van der Waals surface area contributed by atoms with Gasteiger partial charge in [-0.1, -0.05) is 0 Å². The van der Waals surface area contributed by atoms with Crippen molar-refractivity contribution in [3.05, 3.63) is 0 Å². The number of aliphatic carboxylic acids is 2. The zero-order chi connectivity index (χ0) is 8.43. The molecule has 1 aliphatic rings. The summed E-state index contributed by atoms with van der Waals surface area (Å²) in [7, 11) is 0. The van der Waals surface area contributed by atoms with E-state index in [1.807, 2.05) is 0 Å². The van der Waals surface area contributed by atoms with Gasteiger partial charge in [0.25, 0.3) is 0 Å². The predicted molar refractivity (Wildman–Crippen MR) is 33.1 cm³/mol. The van der Waals surface area contributed by atoms with E-state index in [-0.39, 0.29) is 13.2 Å². The van der Waals surface area contributed by atoms with E-state index < -0.39 is 23.8 Å². The fourth-order valence-electron chi connectivity index (χ4n) is 1.04.